The summed E-state index contributed by atoms with van der Waals surface area (Å²) in [5.41, 5.74) is 0.996. The molecule has 1 heterocycles. The number of nitrogens with one attached hydrogen (secondary N) is 1. The zero-order valence-corrected chi connectivity index (χ0v) is 8.70. The summed E-state index contributed by atoms with van der Waals surface area (Å²) in [6.07, 6.45) is 3.57. The lowest BCUT2D eigenvalue weighted by Crippen LogP contribution is -2.37. The highest BCUT2D eigenvalue weighted by Crippen LogP contribution is 2.13. The molecule has 0 saturated carbocycles. The van der Waals surface area contributed by atoms with Crippen molar-refractivity contribution >= 4 is 24.1 Å². The van der Waals surface area contributed by atoms with Gasteiger partial charge < -0.3 is 14.8 Å². The molecule has 0 aliphatic carbocycles. The zero-order valence-electron chi connectivity index (χ0n) is 7.88. The number of aliphatic carboxylic acids is 1. The van der Waals surface area contributed by atoms with Crippen LogP contribution in [0.3, 0.4) is 0 Å². The van der Waals surface area contributed by atoms with Gasteiger partial charge in [-0.2, -0.15) is 11.8 Å². The maximum absolute atomic E-state index is 10.6. The fourth-order valence-corrected chi connectivity index (χ4v) is 1.93. The summed E-state index contributed by atoms with van der Waals surface area (Å²) in [5, 5.41) is 10.9. The monoisotopic (exact) mass is 229 g/mol. The van der Waals surface area contributed by atoms with Gasteiger partial charge in [0.2, 0.25) is 6.41 Å². The number of furan rings is 1. The van der Waals surface area contributed by atoms with Crippen LogP contribution in [0.1, 0.15) is 5.56 Å². The Bertz CT molecular complexity index is 312. The standard InChI is InChI=1S/C9H11NO4S/c11-6-10-8(9(12)13)5-15-4-7-1-2-14-3-7/h1-3,6,8H,4-5H2,(H,10,11)(H,12,13). The highest BCUT2D eigenvalue weighted by Gasteiger charge is 2.15. The van der Waals surface area contributed by atoms with E-state index >= 15 is 0 Å². The minimum Gasteiger partial charge on any atom is -0.480 e. The van der Waals surface area contributed by atoms with E-state index in [0.29, 0.717) is 17.9 Å². The summed E-state index contributed by atoms with van der Waals surface area (Å²) >= 11 is 1.43. The molecule has 0 fully saturated rings. The van der Waals surface area contributed by atoms with Crippen LogP contribution in [0.2, 0.25) is 0 Å². The van der Waals surface area contributed by atoms with Crippen LogP contribution in [0.5, 0.6) is 0 Å². The molecule has 6 heteroatoms. The maximum Gasteiger partial charge on any atom is 0.327 e. The van der Waals surface area contributed by atoms with Crippen LogP contribution in [0.15, 0.2) is 23.0 Å². The first kappa shape index (κ1) is 11.6. The quantitative estimate of drug-likeness (QED) is 0.673. The van der Waals surface area contributed by atoms with Gasteiger partial charge in [-0.25, -0.2) is 4.79 Å². The molecule has 1 unspecified atom stereocenters. The Kier molecular flexibility index (Phi) is 4.76. The normalized spacial score (nSPS) is 12.0. The lowest BCUT2D eigenvalue weighted by atomic mass is 10.3. The molecule has 0 saturated heterocycles. The summed E-state index contributed by atoms with van der Waals surface area (Å²) in [6, 6.07) is 0.982. The van der Waals surface area contributed by atoms with E-state index in [-0.39, 0.29) is 0 Å². The molecular weight excluding hydrogens is 218 g/mol. The number of carboxylic acids is 1. The van der Waals surface area contributed by atoms with E-state index < -0.39 is 12.0 Å². The fourth-order valence-electron chi connectivity index (χ4n) is 0.942. The number of hydrogen-bond donors (Lipinski definition) is 2. The highest BCUT2D eigenvalue weighted by molar-refractivity contribution is 7.98. The first-order valence-corrected chi connectivity index (χ1v) is 5.41. The smallest absolute Gasteiger partial charge is 0.327 e. The molecule has 1 amide bonds. The SMILES string of the molecule is O=CNC(CSCc1ccoc1)C(=O)O. The second-order valence-electron chi connectivity index (χ2n) is 2.82. The van der Waals surface area contributed by atoms with Crippen molar-refractivity contribution in [2.45, 2.75) is 11.8 Å². The van der Waals surface area contributed by atoms with Gasteiger partial charge in [-0.05, 0) is 6.07 Å². The third-order valence-corrected chi connectivity index (χ3v) is 2.81. The lowest BCUT2D eigenvalue weighted by molar-refractivity contribution is -0.139. The van der Waals surface area contributed by atoms with Gasteiger partial charge in [-0.1, -0.05) is 0 Å². The van der Waals surface area contributed by atoms with Crippen LogP contribution in [0, 0.1) is 0 Å². The molecule has 0 aliphatic heterocycles. The number of amides is 1. The Morgan fingerprint density at radius 2 is 2.53 bits per heavy atom. The fraction of sp³-hybridized carbons (Fsp3) is 0.333. The molecule has 0 aromatic carbocycles. The Labute approximate surface area is 90.8 Å². The van der Waals surface area contributed by atoms with E-state index in [4.69, 9.17) is 9.52 Å². The first-order valence-electron chi connectivity index (χ1n) is 4.25. The Hall–Kier alpha value is -1.43. The minimum absolute atomic E-state index is 0.333. The average Bonchev–Trinajstić information content (AvgIpc) is 2.69. The van der Waals surface area contributed by atoms with Crippen molar-refractivity contribution in [3.63, 3.8) is 0 Å². The molecule has 82 valence electrons. The van der Waals surface area contributed by atoms with Crippen LogP contribution in [0.4, 0.5) is 0 Å². The van der Waals surface area contributed by atoms with Crippen LogP contribution in [0.25, 0.3) is 0 Å². The topological polar surface area (TPSA) is 79.5 Å². The van der Waals surface area contributed by atoms with Gasteiger partial charge in [0.15, 0.2) is 0 Å². The molecule has 0 bridgehead atoms. The van der Waals surface area contributed by atoms with Crippen molar-refractivity contribution in [3.8, 4) is 0 Å². The molecule has 5 nitrogen and oxygen atoms in total. The van der Waals surface area contributed by atoms with Crippen molar-refractivity contribution < 1.29 is 19.1 Å². The molecule has 1 aromatic rings. The number of carbonyl (C=O) groups is 2. The van der Waals surface area contributed by atoms with E-state index in [2.05, 4.69) is 5.32 Å². The van der Waals surface area contributed by atoms with Crippen molar-refractivity contribution in [1.82, 2.24) is 5.32 Å². The van der Waals surface area contributed by atoms with Gasteiger partial charge in [0, 0.05) is 17.1 Å². The number of rotatable bonds is 7. The summed E-state index contributed by atoms with van der Waals surface area (Å²) in [5.74, 6) is -0.0260. The zero-order chi connectivity index (χ0) is 11.1. The van der Waals surface area contributed by atoms with E-state index in [0.717, 1.165) is 5.56 Å². The molecule has 0 spiro atoms. The van der Waals surface area contributed by atoms with Crippen molar-refractivity contribution in [3.05, 3.63) is 24.2 Å². The van der Waals surface area contributed by atoms with Crippen molar-refractivity contribution in [1.29, 1.82) is 0 Å². The van der Waals surface area contributed by atoms with Crippen LogP contribution < -0.4 is 5.32 Å². The largest absolute Gasteiger partial charge is 0.480 e. The third-order valence-electron chi connectivity index (χ3n) is 1.70. The van der Waals surface area contributed by atoms with Crippen LogP contribution in [-0.2, 0) is 15.3 Å². The van der Waals surface area contributed by atoms with Gasteiger partial charge in [-0.15, -0.1) is 0 Å². The molecule has 2 N–H and O–H groups in total. The second-order valence-corrected chi connectivity index (χ2v) is 3.85. The summed E-state index contributed by atoms with van der Waals surface area (Å²) < 4.78 is 4.87. The predicted octanol–water partition coefficient (Wildman–Crippen LogP) is 0.712. The van der Waals surface area contributed by atoms with Crippen LogP contribution >= 0.6 is 11.8 Å². The molecule has 15 heavy (non-hydrogen) atoms. The van der Waals surface area contributed by atoms with Crippen molar-refractivity contribution in [2.75, 3.05) is 5.75 Å². The van der Waals surface area contributed by atoms with Gasteiger partial charge >= 0.3 is 5.97 Å². The predicted molar refractivity (Wildman–Crippen MR) is 55.5 cm³/mol. The van der Waals surface area contributed by atoms with E-state index in [1.54, 1.807) is 12.5 Å². The molecule has 1 atom stereocenters. The minimum atomic E-state index is -1.03. The average molecular weight is 229 g/mol. The molecule has 0 aliphatic rings. The Morgan fingerprint density at radius 1 is 1.73 bits per heavy atom. The van der Waals surface area contributed by atoms with E-state index in [9.17, 15) is 9.59 Å². The van der Waals surface area contributed by atoms with Gasteiger partial charge in [0.25, 0.3) is 0 Å². The Morgan fingerprint density at radius 3 is 3.07 bits per heavy atom. The summed E-state index contributed by atoms with van der Waals surface area (Å²) in [7, 11) is 0. The molecule has 1 rings (SSSR count). The number of carbonyl (C=O) groups excluding carboxylic acids is 1. The molecular formula is C9H11NO4S. The van der Waals surface area contributed by atoms with Gasteiger partial charge in [0.05, 0.1) is 12.5 Å². The van der Waals surface area contributed by atoms with Gasteiger partial charge in [-0.3, -0.25) is 4.79 Å². The molecule has 0 radical (unpaired) electrons. The lowest BCUT2D eigenvalue weighted by Gasteiger charge is -2.09. The third kappa shape index (κ3) is 4.07. The summed E-state index contributed by atoms with van der Waals surface area (Å²) in [6.45, 7) is 0. The summed E-state index contributed by atoms with van der Waals surface area (Å²) in [4.78, 5) is 20.7. The number of hydrogen-bond acceptors (Lipinski definition) is 4. The van der Waals surface area contributed by atoms with E-state index in [1.807, 2.05) is 6.07 Å². The van der Waals surface area contributed by atoms with Crippen LogP contribution in [-0.4, -0.2) is 29.3 Å². The molecule has 1 aromatic heterocycles. The first-order chi connectivity index (χ1) is 7.24. The maximum atomic E-state index is 10.6. The van der Waals surface area contributed by atoms with E-state index in [1.165, 1.54) is 11.8 Å². The Balaban J connectivity index is 2.28. The van der Waals surface area contributed by atoms with Gasteiger partial charge in [0.1, 0.15) is 6.04 Å². The van der Waals surface area contributed by atoms with Crippen molar-refractivity contribution in [2.24, 2.45) is 0 Å². The highest BCUT2D eigenvalue weighted by atomic mass is 32.2. The number of thioether (sulfide) groups is 1. The number of carboxylic acid groups (broad SMARTS) is 1. The second kappa shape index (κ2) is 6.13.